The van der Waals surface area contributed by atoms with Crippen LogP contribution in [0.1, 0.15) is 17.5 Å². The van der Waals surface area contributed by atoms with Gasteiger partial charge in [0.05, 0.1) is 59.0 Å². The Morgan fingerprint density at radius 1 is 0.591 bits per heavy atom. The molecule has 0 fully saturated rings. The molecule has 0 N–H and O–H groups in total. The van der Waals surface area contributed by atoms with Gasteiger partial charge >= 0.3 is 0 Å². The fourth-order valence-electron chi connectivity index (χ4n) is 4.64. The molecule has 0 bridgehead atoms. The SMILES string of the molecule is COc1cc(-c2nc3ccccc3s2)ccc1OCCCOc1cc(C=Cc2cc(OC)c(OC)c(OC)c2)ccc1OC. The molecule has 0 atom stereocenters. The summed E-state index contributed by atoms with van der Waals surface area (Å²) in [6.45, 7) is 0.905. The highest BCUT2D eigenvalue weighted by molar-refractivity contribution is 7.21. The van der Waals surface area contributed by atoms with Crippen molar-refractivity contribution in [3.8, 4) is 50.8 Å². The van der Waals surface area contributed by atoms with Crippen LogP contribution in [-0.4, -0.2) is 53.7 Å². The highest BCUT2D eigenvalue weighted by atomic mass is 32.1. The van der Waals surface area contributed by atoms with Gasteiger partial charge in [-0.3, -0.25) is 0 Å². The molecule has 0 saturated heterocycles. The average molecular weight is 614 g/mol. The molecule has 0 aliphatic rings. The first-order valence-electron chi connectivity index (χ1n) is 14.0. The molecule has 0 unspecified atom stereocenters. The van der Waals surface area contributed by atoms with E-state index in [4.69, 9.17) is 38.1 Å². The lowest BCUT2D eigenvalue weighted by molar-refractivity contribution is 0.234. The van der Waals surface area contributed by atoms with E-state index in [0.29, 0.717) is 59.9 Å². The Hall–Kier alpha value is -4.89. The van der Waals surface area contributed by atoms with Crippen LogP contribution in [0.15, 0.2) is 72.8 Å². The Balaban J connectivity index is 1.19. The Morgan fingerprint density at radius 3 is 1.91 bits per heavy atom. The van der Waals surface area contributed by atoms with Crippen LogP contribution < -0.4 is 33.2 Å². The van der Waals surface area contributed by atoms with Gasteiger partial charge in [-0.2, -0.15) is 0 Å². The number of hydrogen-bond acceptors (Lipinski definition) is 9. The number of ether oxygens (including phenoxy) is 7. The fraction of sp³-hybridized carbons (Fsp3) is 0.229. The first-order chi connectivity index (χ1) is 21.6. The van der Waals surface area contributed by atoms with Gasteiger partial charge in [0.15, 0.2) is 34.5 Å². The van der Waals surface area contributed by atoms with Crippen molar-refractivity contribution in [1.29, 1.82) is 0 Å². The second kappa shape index (κ2) is 14.5. The van der Waals surface area contributed by atoms with Crippen molar-refractivity contribution in [3.63, 3.8) is 0 Å². The molecule has 8 nitrogen and oxygen atoms in total. The number of aromatic nitrogens is 1. The summed E-state index contributed by atoms with van der Waals surface area (Å²) in [7, 11) is 8.05. The molecule has 5 rings (SSSR count). The Kier molecular flexibility index (Phi) is 10.1. The minimum absolute atomic E-state index is 0.447. The summed E-state index contributed by atoms with van der Waals surface area (Å²) in [6.07, 6.45) is 4.62. The van der Waals surface area contributed by atoms with Crippen LogP contribution in [-0.2, 0) is 0 Å². The molecule has 0 aliphatic heterocycles. The normalized spacial score (nSPS) is 11.0. The smallest absolute Gasteiger partial charge is 0.203 e. The predicted octanol–water partition coefficient (Wildman–Crippen LogP) is 8.02. The quantitative estimate of drug-likeness (QED) is 0.0921. The number of fused-ring (bicyclic) bond motifs is 1. The maximum atomic E-state index is 6.09. The van der Waals surface area contributed by atoms with E-state index >= 15 is 0 Å². The molecule has 4 aromatic carbocycles. The van der Waals surface area contributed by atoms with E-state index in [-0.39, 0.29) is 0 Å². The van der Waals surface area contributed by atoms with Gasteiger partial charge < -0.3 is 33.2 Å². The number of para-hydroxylation sites is 1. The van der Waals surface area contributed by atoms with E-state index in [0.717, 1.165) is 31.9 Å². The monoisotopic (exact) mass is 613 g/mol. The highest BCUT2D eigenvalue weighted by Crippen LogP contribution is 2.39. The molecule has 1 heterocycles. The number of methoxy groups -OCH3 is 5. The summed E-state index contributed by atoms with van der Waals surface area (Å²) >= 11 is 1.65. The molecular weight excluding hydrogens is 578 g/mol. The summed E-state index contributed by atoms with van der Waals surface area (Å²) in [4.78, 5) is 4.75. The summed E-state index contributed by atoms with van der Waals surface area (Å²) in [5, 5.41) is 0.943. The Morgan fingerprint density at radius 2 is 1.23 bits per heavy atom. The second-order valence-corrected chi connectivity index (χ2v) is 10.6. The third-order valence-electron chi connectivity index (χ3n) is 6.85. The molecule has 1 aromatic heterocycles. The average Bonchev–Trinajstić information content (AvgIpc) is 3.51. The molecule has 44 heavy (non-hydrogen) atoms. The maximum absolute atomic E-state index is 6.09. The van der Waals surface area contributed by atoms with Crippen molar-refractivity contribution >= 4 is 33.7 Å². The van der Waals surface area contributed by atoms with Crippen molar-refractivity contribution in [2.45, 2.75) is 6.42 Å². The summed E-state index contributed by atoms with van der Waals surface area (Å²) in [5.41, 5.74) is 3.83. The van der Waals surface area contributed by atoms with Crippen molar-refractivity contribution in [2.24, 2.45) is 0 Å². The zero-order valence-electron chi connectivity index (χ0n) is 25.4. The molecule has 0 aliphatic carbocycles. The number of rotatable bonds is 14. The van der Waals surface area contributed by atoms with Gasteiger partial charge in [0.25, 0.3) is 0 Å². The van der Waals surface area contributed by atoms with Gasteiger partial charge in [-0.15, -0.1) is 11.3 Å². The standard InChI is InChI=1S/C35H35NO7S/c1-37-27-15-13-23(11-12-24-20-31(39-3)34(41-5)32(21-24)40-4)19-30(27)43-18-8-17-42-28-16-14-25(22-29(28)38-2)35-36-26-9-6-7-10-33(26)44-35/h6-7,9-16,19-22H,8,17-18H2,1-5H3. The number of thiazole rings is 1. The lowest BCUT2D eigenvalue weighted by Crippen LogP contribution is -2.06. The van der Waals surface area contributed by atoms with Crippen LogP contribution in [0, 0.1) is 0 Å². The van der Waals surface area contributed by atoms with Crippen LogP contribution >= 0.6 is 11.3 Å². The van der Waals surface area contributed by atoms with Crippen molar-refractivity contribution in [1.82, 2.24) is 4.98 Å². The lowest BCUT2D eigenvalue weighted by Gasteiger charge is -2.14. The van der Waals surface area contributed by atoms with Gasteiger partial charge in [0.2, 0.25) is 5.75 Å². The van der Waals surface area contributed by atoms with Crippen LogP contribution in [0.25, 0.3) is 32.9 Å². The molecule has 9 heteroatoms. The highest BCUT2D eigenvalue weighted by Gasteiger charge is 2.13. The van der Waals surface area contributed by atoms with Gasteiger partial charge in [-0.1, -0.05) is 30.4 Å². The van der Waals surface area contributed by atoms with Crippen LogP contribution in [0.5, 0.6) is 40.2 Å². The minimum Gasteiger partial charge on any atom is -0.493 e. The first kappa shape index (κ1) is 30.6. The largest absolute Gasteiger partial charge is 0.493 e. The minimum atomic E-state index is 0.447. The third-order valence-corrected chi connectivity index (χ3v) is 7.94. The van der Waals surface area contributed by atoms with Crippen LogP contribution in [0.2, 0.25) is 0 Å². The van der Waals surface area contributed by atoms with E-state index in [2.05, 4.69) is 6.07 Å². The van der Waals surface area contributed by atoms with Gasteiger partial charge in [-0.25, -0.2) is 4.98 Å². The molecule has 5 aromatic rings. The zero-order valence-corrected chi connectivity index (χ0v) is 26.2. The summed E-state index contributed by atoms with van der Waals surface area (Å²) in [5.74, 6) is 4.38. The zero-order chi connectivity index (χ0) is 30.9. The van der Waals surface area contributed by atoms with E-state index < -0.39 is 0 Å². The second-order valence-electron chi connectivity index (χ2n) is 9.61. The first-order valence-corrected chi connectivity index (χ1v) is 14.8. The Bertz CT molecular complexity index is 1690. The summed E-state index contributed by atoms with van der Waals surface area (Å²) in [6, 6.07) is 23.6. The van der Waals surface area contributed by atoms with Crippen molar-refractivity contribution in [3.05, 3.63) is 83.9 Å². The van der Waals surface area contributed by atoms with Crippen molar-refractivity contribution < 1.29 is 33.2 Å². The number of nitrogens with zero attached hydrogens (tertiary/aromatic N) is 1. The van der Waals surface area contributed by atoms with E-state index in [1.165, 1.54) is 0 Å². The summed E-state index contributed by atoms with van der Waals surface area (Å²) < 4.78 is 40.8. The van der Waals surface area contributed by atoms with E-state index in [9.17, 15) is 0 Å². The lowest BCUT2D eigenvalue weighted by atomic mass is 10.1. The molecule has 0 amide bonds. The van der Waals surface area contributed by atoms with Crippen LogP contribution in [0.3, 0.4) is 0 Å². The molecule has 228 valence electrons. The predicted molar refractivity (Wildman–Crippen MR) is 175 cm³/mol. The topological polar surface area (TPSA) is 77.5 Å². The molecular formula is C35H35NO7S. The fourth-order valence-corrected chi connectivity index (χ4v) is 5.60. The molecule has 0 saturated carbocycles. The van der Waals surface area contributed by atoms with Crippen LogP contribution in [0.4, 0.5) is 0 Å². The van der Waals surface area contributed by atoms with Crippen molar-refractivity contribution in [2.75, 3.05) is 48.8 Å². The Labute approximate surface area is 261 Å². The van der Waals surface area contributed by atoms with E-state index in [1.807, 2.05) is 78.9 Å². The van der Waals surface area contributed by atoms with Gasteiger partial charge in [0, 0.05) is 12.0 Å². The van der Waals surface area contributed by atoms with Gasteiger partial charge in [0.1, 0.15) is 5.01 Å². The van der Waals surface area contributed by atoms with Gasteiger partial charge in [-0.05, 0) is 65.7 Å². The number of benzene rings is 4. The third kappa shape index (κ3) is 7.01. The van der Waals surface area contributed by atoms with E-state index in [1.54, 1.807) is 46.9 Å². The molecule has 0 radical (unpaired) electrons. The molecule has 0 spiro atoms. The maximum Gasteiger partial charge on any atom is 0.203 e. The number of hydrogen-bond donors (Lipinski definition) is 0.